The van der Waals surface area contributed by atoms with Crippen LogP contribution >= 0.6 is 15.9 Å². The van der Waals surface area contributed by atoms with E-state index in [9.17, 15) is 4.79 Å². The maximum absolute atomic E-state index is 11.0. The molecule has 0 aliphatic heterocycles. The molecule has 0 radical (unpaired) electrons. The van der Waals surface area contributed by atoms with Crippen LogP contribution in [0.3, 0.4) is 0 Å². The predicted molar refractivity (Wildman–Crippen MR) is 83.0 cm³/mol. The number of aromatic carboxylic acids is 1. The summed E-state index contributed by atoms with van der Waals surface area (Å²) in [5.74, 6) is -0.0243. The zero-order valence-electron chi connectivity index (χ0n) is 11.5. The van der Waals surface area contributed by atoms with E-state index >= 15 is 0 Å². The van der Waals surface area contributed by atoms with Crippen molar-refractivity contribution in [1.29, 1.82) is 0 Å². The minimum atomic E-state index is -0.991. The highest BCUT2D eigenvalue weighted by molar-refractivity contribution is 9.10. The molecule has 0 aliphatic carbocycles. The third-order valence-corrected chi connectivity index (χ3v) is 3.27. The Morgan fingerprint density at radius 3 is 2.62 bits per heavy atom. The largest absolute Gasteiger partial charge is 0.490 e. The molecule has 0 aromatic heterocycles. The van der Waals surface area contributed by atoms with E-state index in [-0.39, 0.29) is 5.56 Å². The predicted octanol–water partition coefficient (Wildman–Crippen LogP) is 4.13. The van der Waals surface area contributed by atoms with Crippen molar-refractivity contribution < 1.29 is 19.4 Å². The van der Waals surface area contributed by atoms with Gasteiger partial charge in [-0.2, -0.15) is 0 Å². The van der Waals surface area contributed by atoms with E-state index in [1.54, 1.807) is 6.07 Å². The molecule has 21 heavy (non-hydrogen) atoms. The molecule has 5 heteroatoms. The first-order chi connectivity index (χ1) is 10.1. The summed E-state index contributed by atoms with van der Waals surface area (Å²) in [6.07, 6.45) is 0. The molecule has 0 atom stereocenters. The molecule has 0 heterocycles. The fourth-order valence-corrected chi connectivity index (χ4v) is 2.26. The van der Waals surface area contributed by atoms with Gasteiger partial charge in [-0.3, -0.25) is 0 Å². The molecule has 0 fully saturated rings. The Hall–Kier alpha value is -2.01. The molecule has 0 saturated heterocycles. The number of carbonyl (C=O) groups is 1. The molecule has 0 bridgehead atoms. The van der Waals surface area contributed by atoms with Gasteiger partial charge in [-0.25, -0.2) is 4.79 Å². The Bertz CT molecular complexity index is 640. The molecule has 4 nitrogen and oxygen atoms in total. The van der Waals surface area contributed by atoms with Crippen molar-refractivity contribution in [1.82, 2.24) is 0 Å². The van der Waals surface area contributed by atoms with Crippen LogP contribution in [0.1, 0.15) is 22.8 Å². The lowest BCUT2D eigenvalue weighted by Crippen LogP contribution is -2.02. The smallest absolute Gasteiger partial charge is 0.335 e. The maximum Gasteiger partial charge on any atom is 0.335 e. The highest BCUT2D eigenvalue weighted by Crippen LogP contribution is 2.29. The molecule has 0 saturated carbocycles. The zero-order chi connectivity index (χ0) is 15.2. The van der Waals surface area contributed by atoms with E-state index in [0.717, 1.165) is 10.0 Å². The number of benzene rings is 2. The average molecular weight is 351 g/mol. The molecular weight excluding hydrogens is 336 g/mol. The number of ether oxygens (including phenoxy) is 2. The van der Waals surface area contributed by atoms with Crippen molar-refractivity contribution in [3.63, 3.8) is 0 Å². The summed E-state index contributed by atoms with van der Waals surface area (Å²) in [6.45, 7) is 2.66. The Morgan fingerprint density at radius 1 is 1.14 bits per heavy atom. The van der Waals surface area contributed by atoms with Gasteiger partial charge < -0.3 is 14.6 Å². The van der Waals surface area contributed by atoms with E-state index in [1.165, 1.54) is 12.1 Å². The zero-order valence-corrected chi connectivity index (χ0v) is 13.1. The third kappa shape index (κ3) is 4.23. The minimum Gasteiger partial charge on any atom is -0.490 e. The van der Waals surface area contributed by atoms with Crippen LogP contribution in [-0.2, 0) is 6.61 Å². The molecule has 2 aromatic carbocycles. The summed E-state index contributed by atoms with van der Waals surface area (Å²) in [5, 5.41) is 9.01. The first-order valence-electron chi connectivity index (χ1n) is 6.47. The Kier molecular flexibility index (Phi) is 5.22. The average Bonchev–Trinajstić information content (AvgIpc) is 2.46. The quantitative estimate of drug-likeness (QED) is 0.850. The van der Waals surface area contributed by atoms with Gasteiger partial charge in [0.05, 0.1) is 12.2 Å². The number of carboxylic acids is 1. The number of rotatable bonds is 6. The summed E-state index contributed by atoms with van der Waals surface area (Å²) in [4.78, 5) is 11.0. The molecule has 0 amide bonds. The van der Waals surface area contributed by atoms with E-state index < -0.39 is 5.97 Å². The molecule has 0 aliphatic rings. The Balaban J connectivity index is 2.16. The van der Waals surface area contributed by atoms with Crippen LogP contribution in [0, 0.1) is 0 Å². The molecule has 110 valence electrons. The van der Waals surface area contributed by atoms with Crippen LogP contribution in [0.2, 0.25) is 0 Å². The van der Waals surface area contributed by atoms with Gasteiger partial charge in [0.1, 0.15) is 6.61 Å². The second-order valence-corrected chi connectivity index (χ2v) is 5.23. The van der Waals surface area contributed by atoms with Crippen molar-refractivity contribution in [2.75, 3.05) is 6.61 Å². The topological polar surface area (TPSA) is 55.8 Å². The van der Waals surface area contributed by atoms with Gasteiger partial charge in [-0.15, -0.1) is 0 Å². The minimum absolute atomic E-state index is 0.174. The Labute approximate surface area is 131 Å². The summed E-state index contributed by atoms with van der Waals surface area (Å²) in [6, 6.07) is 12.4. The van der Waals surface area contributed by atoms with Gasteiger partial charge in [-0.05, 0) is 42.8 Å². The highest BCUT2D eigenvalue weighted by atomic mass is 79.9. The van der Waals surface area contributed by atoms with Crippen LogP contribution in [0.25, 0.3) is 0 Å². The third-order valence-electron chi connectivity index (χ3n) is 2.77. The fraction of sp³-hybridized carbons (Fsp3) is 0.188. The van der Waals surface area contributed by atoms with Crippen LogP contribution in [0.15, 0.2) is 46.9 Å². The van der Waals surface area contributed by atoms with Crippen molar-refractivity contribution in [2.24, 2.45) is 0 Å². The van der Waals surface area contributed by atoms with Crippen molar-refractivity contribution in [3.8, 4) is 11.5 Å². The SMILES string of the molecule is CCOc1cc(C(=O)O)ccc1OCc1cccc(Br)c1. The lowest BCUT2D eigenvalue weighted by Gasteiger charge is -2.12. The fourth-order valence-electron chi connectivity index (χ4n) is 1.82. The van der Waals surface area contributed by atoms with Gasteiger partial charge in [0.2, 0.25) is 0 Å². The summed E-state index contributed by atoms with van der Waals surface area (Å²) < 4.78 is 12.2. The number of hydrogen-bond acceptors (Lipinski definition) is 3. The first kappa shape index (κ1) is 15.4. The van der Waals surface area contributed by atoms with Gasteiger partial charge in [0.25, 0.3) is 0 Å². The maximum atomic E-state index is 11.0. The Morgan fingerprint density at radius 2 is 1.95 bits per heavy atom. The van der Waals surface area contributed by atoms with E-state index in [2.05, 4.69) is 15.9 Å². The van der Waals surface area contributed by atoms with Gasteiger partial charge >= 0.3 is 5.97 Å². The van der Waals surface area contributed by atoms with Crippen LogP contribution < -0.4 is 9.47 Å². The van der Waals surface area contributed by atoms with Gasteiger partial charge in [0.15, 0.2) is 11.5 Å². The molecule has 0 spiro atoms. The highest BCUT2D eigenvalue weighted by Gasteiger charge is 2.10. The van der Waals surface area contributed by atoms with Gasteiger partial charge in [-0.1, -0.05) is 28.1 Å². The molecule has 2 rings (SSSR count). The van der Waals surface area contributed by atoms with E-state index in [0.29, 0.717) is 24.7 Å². The molecule has 2 aromatic rings. The number of hydrogen-bond donors (Lipinski definition) is 1. The normalized spacial score (nSPS) is 10.2. The van der Waals surface area contributed by atoms with Crippen LogP contribution in [-0.4, -0.2) is 17.7 Å². The molecule has 1 N–H and O–H groups in total. The lowest BCUT2D eigenvalue weighted by atomic mass is 10.2. The summed E-state index contributed by atoms with van der Waals surface area (Å²) in [7, 11) is 0. The number of carboxylic acid groups (broad SMARTS) is 1. The van der Waals surface area contributed by atoms with Crippen molar-refractivity contribution >= 4 is 21.9 Å². The van der Waals surface area contributed by atoms with Crippen LogP contribution in [0.4, 0.5) is 0 Å². The number of halogens is 1. The van der Waals surface area contributed by atoms with Crippen LogP contribution in [0.5, 0.6) is 11.5 Å². The molecular formula is C16H15BrO4. The van der Waals surface area contributed by atoms with E-state index in [4.69, 9.17) is 14.6 Å². The summed E-state index contributed by atoms with van der Waals surface area (Å²) >= 11 is 3.41. The van der Waals surface area contributed by atoms with E-state index in [1.807, 2.05) is 31.2 Å². The van der Waals surface area contributed by atoms with Crippen molar-refractivity contribution in [3.05, 3.63) is 58.1 Å². The van der Waals surface area contributed by atoms with Gasteiger partial charge in [0, 0.05) is 4.47 Å². The molecule has 0 unspecified atom stereocenters. The standard InChI is InChI=1S/C16H15BrO4/c1-2-20-15-9-12(16(18)19)6-7-14(15)21-10-11-4-3-5-13(17)8-11/h3-9H,2,10H2,1H3,(H,18,19). The monoisotopic (exact) mass is 350 g/mol. The second kappa shape index (κ2) is 7.13. The lowest BCUT2D eigenvalue weighted by molar-refractivity contribution is 0.0696. The first-order valence-corrected chi connectivity index (χ1v) is 7.27. The van der Waals surface area contributed by atoms with Crippen molar-refractivity contribution in [2.45, 2.75) is 13.5 Å². The summed E-state index contributed by atoms with van der Waals surface area (Å²) in [5.41, 5.74) is 1.18. The second-order valence-electron chi connectivity index (χ2n) is 4.32.